The summed E-state index contributed by atoms with van der Waals surface area (Å²) in [5.41, 5.74) is 4.49. The number of nitrogens with zero attached hydrogens (tertiary/aromatic N) is 2. The van der Waals surface area contributed by atoms with E-state index in [1.54, 1.807) is 0 Å². The standard InChI is InChI=1S/C18H16N2/c1-3-7-13-14(8-4-2)16-10-6-12-20-18(16)17-15(13)9-5-11-19-17/h3-6,9-12H,1-2,7-8H2. The lowest BCUT2D eigenvalue weighted by Crippen LogP contribution is -1.98. The highest BCUT2D eigenvalue weighted by Crippen LogP contribution is 2.31. The second-order valence-electron chi connectivity index (χ2n) is 4.74. The lowest BCUT2D eigenvalue weighted by molar-refractivity contribution is 1.18. The van der Waals surface area contributed by atoms with E-state index in [0.717, 1.165) is 34.6 Å². The molecule has 0 fully saturated rings. The Hall–Kier alpha value is -2.48. The fourth-order valence-corrected chi connectivity index (χ4v) is 2.76. The van der Waals surface area contributed by atoms with Crippen LogP contribution in [0.3, 0.4) is 0 Å². The fraction of sp³-hybridized carbons (Fsp3) is 0.111. The molecule has 98 valence electrons. The largest absolute Gasteiger partial charge is 0.254 e. The Bertz CT molecular complexity index is 734. The molecule has 3 rings (SSSR count). The molecule has 0 aliphatic heterocycles. The zero-order valence-corrected chi connectivity index (χ0v) is 11.3. The van der Waals surface area contributed by atoms with Gasteiger partial charge in [0.1, 0.15) is 0 Å². The quantitative estimate of drug-likeness (QED) is 0.518. The summed E-state index contributed by atoms with van der Waals surface area (Å²) in [5, 5.41) is 2.32. The highest BCUT2D eigenvalue weighted by atomic mass is 14.7. The van der Waals surface area contributed by atoms with Gasteiger partial charge in [-0.1, -0.05) is 24.3 Å². The number of aromatic nitrogens is 2. The number of hydrogen-bond acceptors (Lipinski definition) is 2. The van der Waals surface area contributed by atoms with E-state index in [0.29, 0.717) is 0 Å². The Morgan fingerprint density at radius 3 is 1.65 bits per heavy atom. The van der Waals surface area contributed by atoms with Crippen LogP contribution in [-0.2, 0) is 12.8 Å². The molecule has 0 radical (unpaired) electrons. The number of allylic oxidation sites excluding steroid dienone is 2. The molecular formula is C18H16N2. The smallest absolute Gasteiger partial charge is 0.0967 e. The third kappa shape index (κ3) is 1.90. The van der Waals surface area contributed by atoms with Crippen LogP contribution in [0, 0.1) is 0 Å². The van der Waals surface area contributed by atoms with Crippen molar-refractivity contribution in [3.05, 3.63) is 73.1 Å². The average molecular weight is 260 g/mol. The third-order valence-electron chi connectivity index (χ3n) is 3.55. The van der Waals surface area contributed by atoms with Crippen molar-refractivity contribution >= 4 is 21.8 Å². The zero-order valence-electron chi connectivity index (χ0n) is 11.3. The Balaban J connectivity index is 2.53. The Morgan fingerprint density at radius 1 is 0.800 bits per heavy atom. The van der Waals surface area contributed by atoms with E-state index in [1.807, 2.05) is 36.7 Å². The molecule has 0 aliphatic carbocycles. The first-order valence-electron chi connectivity index (χ1n) is 6.71. The summed E-state index contributed by atoms with van der Waals surface area (Å²) in [6, 6.07) is 8.17. The van der Waals surface area contributed by atoms with Crippen LogP contribution >= 0.6 is 0 Å². The molecule has 2 aromatic heterocycles. The van der Waals surface area contributed by atoms with Crippen LogP contribution < -0.4 is 0 Å². The van der Waals surface area contributed by atoms with Crippen LogP contribution in [0.1, 0.15) is 11.1 Å². The molecular weight excluding hydrogens is 244 g/mol. The van der Waals surface area contributed by atoms with Gasteiger partial charge in [-0.05, 0) is 36.1 Å². The molecule has 0 N–H and O–H groups in total. The van der Waals surface area contributed by atoms with E-state index in [4.69, 9.17) is 0 Å². The van der Waals surface area contributed by atoms with Crippen molar-refractivity contribution < 1.29 is 0 Å². The Labute approximate surface area is 118 Å². The molecule has 0 spiro atoms. The number of benzene rings is 1. The van der Waals surface area contributed by atoms with Gasteiger partial charge in [0, 0.05) is 23.2 Å². The molecule has 0 amide bonds. The van der Waals surface area contributed by atoms with E-state index in [9.17, 15) is 0 Å². The molecule has 1 aromatic carbocycles. The van der Waals surface area contributed by atoms with Crippen molar-refractivity contribution in [1.82, 2.24) is 9.97 Å². The molecule has 0 atom stereocenters. The van der Waals surface area contributed by atoms with E-state index in [-0.39, 0.29) is 0 Å². The van der Waals surface area contributed by atoms with Gasteiger partial charge >= 0.3 is 0 Å². The van der Waals surface area contributed by atoms with E-state index in [2.05, 4.69) is 35.3 Å². The molecule has 0 bridgehead atoms. The van der Waals surface area contributed by atoms with Crippen molar-refractivity contribution in [3.63, 3.8) is 0 Å². The van der Waals surface area contributed by atoms with Crippen molar-refractivity contribution in [1.29, 1.82) is 0 Å². The first-order chi connectivity index (χ1) is 9.86. The van der Waals surface area contributed by atoms with Crippen molar-refractivity contribution in [2.24, 2.45) is 0 Å². The van der Waals surface area contributed by atoms with Gasteiger partial charge in [-0.2, -0.15) is 0 Å². The maximum absolute atomic E-state index is 4.53. The van der Waals surface area contributed by atoms with Crippen LogP contribution in [0.2, 0.25) is 0 Å². The van der Waals surface area contributed by atoms with Gasteiger partial charge in [-0.15, -0.1) is 13.2 Å². The van der Waals surface area contributed by atoms with Crippen LogP contribution in [-0.4, -0.2) is 9.97 Å². The highest BCUT2D eigenvalue weighted by molar-refractivity contribution is 6.06. The molecule has 0 unspecified atom stereocenters. The predicted molar refractivity (Wildman–Crippen MR) is 84.8 cm³/mol. The zero-order chi connectivity index (χ0) is 13.9. The van der Waals surface area contributed by atoms with Gasteiger partial charge in [-0.3, -0.25) is 9.97 Å². The second kappa shape index (κ2) is 5.25. The monoisotopic (exact) mass is 260 g/mol. The normalized spacial score (nSPS) is 10.8. The molecule has 0 saturated carbocycles. The summed E-state index contributed by atoms with van der Waals surface area (Å²) >= 11 is 0. The summed E-state index contributed by atoms with van der Waals surface area (Å²) < 4.78 is 0. The first kappa shape index (κ1) is 12.5. The van der Waals surface area contributed by atoms with E-state index in [1.165, 1.54) is 11.1 Å². The lowest BCUT2D eigenvalue weighted by Gasteiger charge is -2.14. The number of rotatable bonds is 4. The number of hydrogen-bond donors (Lipinski definition) is 0. The van der Waals surface area contributed by atoms with Crippen molar-refractivity contribution in [2.75, 3.05) is 0 Å². The van der Waals surface area contributed by atoms with Crippen LogP contribution in [0.4, 0.5) is 0 Å². The van der Waals surface area contributed by atoms with E-state index < -0.39 is 0 Å². The molecule has 0 saturated heterocycles. The number of fused-ring (bicyclic) bond motifs is 3. The fourth-order valence-electron chi connectivity index (χ4n) is 2.76. The maximum atomic E-state index is 4.53. The summed E-state index contributed by atoms with van der Waals surface area (Å²) in [6.07, 6.45) is 9.18. The predicted octanol–water partition coefficient (Wildman–Crippen LogP) is 4.24. The van der Waals surface area contributed by atoms with Gasteiger partial charge in [0.15, 0.2) is 0 Å². The molecule has 20 heavy (non-hydrogen) atoms. The summed E-state index contributed by atoms with van der Waals surface area (Å²) in [4.78, 5) is 9.06. The van der Waals surface area contributed by atoms with Gasteiger partial charge in [0.25, 0.3) is 0 Å². The van der Waals surface area contributed by atoms with Gasteiger partial charge in [0.2, 0.25) is 0 Å². The van der Waals surface area contributed by atoms with Gasteiger partial charge in [-0.25, -0.2) is 0 Å². The molecule has 0 aliphatic rings. The van der Waals surface area contributed by atoms with Crippen molar-refractivity contribution in [3.8, 4) is 0 Å². The molecule has 2 heterocycles. The van der Waals surface area contributed by atoms with Gasteiger partial charge in [0.05, 0.1) is 11.0 Å². The topological polar surface area (TPSA) is 25.8 Å². The lowest BCUT2D eigenvalue weighted by atomic mass is 9.92. The Kier molecular flexibility index (Phi) is 3.30. The summed E-state index contributed by atoms with van der Waals surface area (Å²) in [6.45, 7) is 7.76. The second-order valence-corrected chi connectivity index (χ2v) is 4.74. The number of pyridine rings is 2. The summed E-state index contributed by atoms with van der Waals surface area (Å²) in [7, 11) is 0. The van der Waals surface area contributed by atoms with E-state index >= 15 is 0 Å². The highest BCUT2D eigenvalue weighted by Gasteiger charge is 2.13. The van der Waals surface area contributed by atoms with Gasteiger partial charge < -0.3 is 0 Å². The molecule has 2 heteroatoms. The van der Waals surface area contributed by atoms with Crippen LogP contribution in [0.5, 0.6) is 0 Å². The Morgan fingerprint density at radius 2 is 1.25 bits per heavy atom. The maximum Gasteiger partial charge on any atom is 0.0967 e. The minimum Gasteiger partial charge on any atom is -0.254 e. The molecule has 3 aromatic rings. The van der Waals surface area contributed by atoms with Crippen LogP contribution in [0.25, 0.3) is 21.8 Å². The third-order valence-corrected chi connectivity index (χ3v) is 3.55. The average Bonchev–Trinajstić information content (AvgIpc) is 2.51. The first-order valence-corrected chi connectivity index (χ1v) is 6.71. The molecule has 2 nitrogen and oxygen atoms in total. The minimum absolute atomic E-state index is 0.830. The minimum atomic E-state index is 0.830. The van der Waals surface area contributed by atoms with Crippen LogP contribution in [0.15, 0.2) is 62.0 Å². The summed E-state index contributed by atoms with van der Waals surface area (Å²) in [5.74, 6) is 0. The SMILES string of the molecule is C=CCc1c(CC=C)c2cccnc2c2ncccc12. The van der Waals surface area contributed by atoms with Crippen molar-refractivity contribution in [2.45, 2.75) is 12.8 Å².